The van der Waals surface area contributed by atoms with Crippen LogP contribution < -0.4 is 4.74 Å². The lowest BCUT2D eigenvalue weighted by Crippen LogP contribution is -2.34. The number of ether oxygens (including phenoxy) is 3. The predicted molar refractivity (Wildman–Crippen MR) is 128 cm³/mol. The minimum Gasteiger partial charge on any atom is -0.456 e. The van der Waals surface area contributed by atoms with Crippen LogP contribution in [0.4, 0.5) is 0 Å². The fraction of sp³-hybridized carbons (Fsp3) is 0.375. The van der Waals surface area contributed by atoms with E-state index >= 15 is 0 Å². The zero-order valence-electron chi connectivity index (χ0n) is 18.1. The van der Waals surface area contributed by atoms with Gasteiger partial charge in [0.25, 0.3) is 6.01 Å². The number of halogens is 1. The average molecular weight is 503 g/mol. The maximum atomic E-state index is 11.7. The molecule has 2 aromatic carbocycles. The van der Waals surface area contributed by atoms with Crippen LogP contribution in [0, 0.1) is 0 Å². The van der Waals surface area contributed by atoms with Gasteiger partial charge < -0.3 is 24.3 Å². The number of aromatic nitrogens is 2. The van der Waals surface area contributed by atoms with Crippen molar-refractivity contribution in [3.63, 3.8) is 0 Å². The van der Waals surface area contributed by atoms with Crippen molar-refractivity contribution in [2.45, 2.75) is 30.8 Å². The Bertz CT molecular complexity index is 1380. The van der Waals surface area contributed by atoms with E-state index in [2.05, 4.69) is 9.97 Å². The number of nitrogens with one attached hydrogen (secondary N) is 1. The Morgan fingerprint density at radius 1 is 1.09 bits per heavy atom. The van der Waals surface area contributed by atoms with Crippen LogP contribution in [-0.2, 0) is 19.3 Å². The maximum Gasteiger partial charge on any atom is 0.295 e. The summed E-state index contributed by atoms with van der Waals surface area (Å²) in [5, 5.41) is 10.5. The summed E-state index contributed by atoms with van der Waals surface area (Å²) >= 11 is 6.59. The molecule has 0 aliphatic carbocycles. The molecule has 2 fully saturated rings. The normalized spacial score (nSPS) is 28.1. The van der Waals surface area contributed by atoms with Gasteiger partial charge in [0.2, 0.25) is 0 Å². The van der Waals surface area contributed by atoms with Crippen LogP contribution in [0.15, 0.2) is 42.5 Å². The van der Waals surface area contributed by atoms with Crippen molar-refractivity contribution in [2.75, 3.05) is 24.7 Å². The molecule has 34 heavy (non-hydrogen) atoms. The fourth-order valence-corrected chi connectivity index (χ4v) is 6.20. The van der Waals surface area contributed by atoms with Gasteiger partial charge in [-0.15, -0.1) is 0 Å². The monoisotopic (exact) mass is 502 g/mol. The predicted octanol–water partition coefficient (Wildman–Crippen LogP) is 2.99. The summed E-state index contributed by atoms with van der Waals surface area (Å²) in [6.07, 6.45) is 0.654. The highest BCUT2D eigenvalue weighted by atomic mass is 35.5. The summed E-state index contributed by atoms with van der Waals surface area (Å²) in [7, 11) is -2.95. The summed E-state index contributed by atoms with van der Waals surface area (Å²) in [5.41, 5.74) is 5.30. The molecule has 0 radical (unpaired) electrons. The zero-order valence-corrected chi connectivity index (χ0v) is 19.7. The van der Waals surface area contributed by atoms with Crippen molar-refractivity contribution in [2.24, 2.45) is 0 Å². The largest absolute Gasteiger partial charge is 0.456 e. The van der Waals surface area contributed by atoms with E-state index in [-0.39, 0.29) is 36.4 Å². The number of aliphatic hydroxyl groups is 1. The molecule has 6 rings (SSSR count). The van der Waals surface area contributed by atoms with Gasteiger partial charge in [0.05, 0.1) is 40.8 Å². The summed E-state index contributed by atoms with van der Waals surface area (Å²) in [4.78, 5) is 7.71. The lowest BCUT2D eigenvalue weighted by Gasteiger charge is -2.15. The highest BCUT2D eigenvalue weighted by Crippen LogP contribution is 2.35. The Kier molecular flexibility index (Phi) is 5.42. The first-order chi connectivity index (χ1) is 16.4. The summed E-state index contributed by atoms with van der Waals surface area (Å²) in [6, 6.07) is 12.0. The summed E-state index contributed by atoms with van der Waals surface area (Å²) < 4.78 is 40.6. The summed E-state index contributed by atoms with van der Waals surface area (Å²) in [5.74, 6) is 0.283. The van der Waals surface area contributed by atoms with Gasteiger partial charge in [-0.3, -0.25) is 0 Å². The van der Waals surface area contributed by atoms with Crippen LogP contribution in [0.3, 0.4) is 0 Å². The van der Waals surface area contributed by atoms with Crippen molar-refractivity contribution in [3.05, 3.63) is 53.1 Å². The van der Waals surface area contributed by atoms with Gasteiger partial charge in [0.1, 0.15) is 18.3 Å². The van der Waals surface area contributed by atoms with Crippen molar-refractivity contribution in [1.82, 2.24) is 9.97 Å². The topological polar surface area (TPSA) is 111 Å². The molecular formula is C24H23ClN2O6S. The highest BCUT2D eigenvalue weighted by Gasteiger charge is 2.48. The van der Waals surface area contributed by atoms with Crippen molar-refractivity contribution in [1.29, 1.82) is 0 Å². The van der Waals surface area contributed by atoms with Gasteiger partial charge in [0, 0.05) is 5.56 Å². The van der Waals surface area contributed by atoms with Gasteiger partial charge in [-0.05, 0) is 35.3 Å². The molecule has 2 saturated heterocycles. The van der Waals surface area contributed by atoms with Crippen molar-refractivity contribution in [3.8, 4) is 17.1 Å². The number of aliphatic hydroxyl groups excluding tert-OH is 1. The molecule has 4 atom stereocenters. The lowest BCUT2D eigenvalue weighted by molar-refractivity contribution is 0.00706. The van der Waals surface area contributed by atoms with Crippen LogP contribution >= 0.6 is 11.6 Å². The number of nitrogens with zero attached hydrogens (tertiary/aromatic N) is 1. The summed E-state index contributed by atoms with van der Waals surface area (Å²) in [6.45, 7) is 0.563. The van der Waals surface area contributed by atoms with E-state index in [1.807, 2.05) is 36.4 Å². The number of aromatic amines is 1. The Balaban J connectivity index is 1.23. The molecule has 4 unspecified atom stereocenters. The molecule has 4 heterocycles. The fourth-order valence-electron chi connectivity index (χ4n) is 4.78. The first kappa shape index (κ1) is 22.1. The molecule has 1 aromatic heterocycles. The number of fused-ring (bicyclic) bond motifs is 2. The van der Waals surface area contributed by atoms with E-state index in [1.54, 1.807) is 6.08 Å². The first-order valence-corrected chi connectivity index (χ1v) is 13.3. The first-order valence-electron chi connectivity index (χ1n) is 11.1. The van der Waals surface area contributed by atoms with Gasteiger partial charge in [-0.1, -0.05) is 41.9 Å². The Morgan fingerprint density at radius 2 is 1.85 bits per heavy atom. The quantitative estimate of drug-likeness (QED) is 0.564. The third-order valence-electron chi connectivity index (χ3n) is 6.63. The minimum atomic E-state index is -2.95. The number of rotatable bonds is 4. The Hall–Kier alpha value is -2.43. The number of H-pyrrole nitrogens is 1. The third-order valence-corrected chi connectivity index (χ3v) is 8.44. The number of sulfone groups is 1. The molecule has 3 aromatic rings. The van der Waals surface area contributed by atoms with Gasteiger partial charge in [-0.2, -0.15) is 4.98 Å². The molecule has 3 aliphatic heterocycles. The molecule has 0 amide bonds. The lowest BCUT2D eigenvalue weighted by atomic mass is 9.98. The highest BCUT2D eigenvalue weighted by molar-refractivity contribution is 7.91. The Morgan fingerprint density at radius 3 is 2.62 bits per heavy atom. The van der Waals surface area contributed by atoms with Crippen molar-refractivity contribution < 1.29 is 27.7 Å². The molecule has 0 bridgehead atoms. The van der Waals surface area contributed by atoms with E-state index in [0.29, 0.717) is 29.6 Å². The van der Waals surface area contributed by atoms with Crippen LogP contribution in [0.1, 0.15) is 12.0 Å². The smallest absolute Gasteiger partial charge is 0.295 e. The molecule has 0 saturated carbocycles. The molecule has 0 spiro atoms. The van der Waals surface area contributed by atoms with Gasteiger partial charge >= 0.3 is 0 Å². The second-order valence-corrected chi connectivity index (χ2v) is 11.5. The standard InChI is InChI=1S/C24H23ClN2O6S/c25-17-10-19-18(26-24(27-19)33-21-12-32-22-20(28)11-31-23(21)22)9-16(17)15-3-1-13(2-4-15)14-5-7-34(29,30)8-6-14/h1-5,9-10,20-23,28H,6-8,11-12H2,(H,26,27). The molecule has 8 nitrogen and oxygen atoms in total. The second kappa shape index (κ2) is 8.35. The van der Waals surface area contributed by atoms with E-state index < -0.39 is 15.9 Å². The molecular weight excluding hydrogens is 480 g/mol. The SMILES string of the molecule is O=S1(=O)CC=C(c2ccc(-c3cc4nc(OC5COC6C(O)COC56)[nH]c4cc3Cl)cc2)CC1. The average Bonchev–Trinajstić information content (AvgIpc) is 3.50. The minimum absolute atomic E-state index is 0.0945. The van der Waals surface area contributed by atoms with E-state index in [1.165, 1.54) is 0 Å². The van der Waals surface area contributed by atoms with Crippen LogP contribution in [0.25, 0.3) is 27.7 Å². The second-order valence-electron chi connectivity index (χ2n) is 8.88. The zero-order chi connectivity index (χ0) is 23.4. The van der Waals surface area contributed by atoms with E-state index in [0.717, 1.165) is 27.8 Å². The Labute approximate surface area is 201 Å². The van der Waals surface area contributed by atoms with E-state index in [9.17, 15) is 13.5 Å². The number of benzene rings is 2. The van der Waals surface area contributed by atoms with Crippen LogP contribution in [-0.4, -0.2) is 72.6 Å². The molecule has 178 valence electrons. The van der Waals surface area contributed by atoms with E-state index in [4.69, 9.17) is 25.8 Å². The van der Waals surface area contributed by atoms with Crippen LogP contribution in [0.2, 0.25) is 5.02 Å². The molecule has 3 aliphatic rings. The van der Waals surface area contributed by atoms with Crippen molar-refractivity contribution >= 4 is 38.0 Å². The molecule has 10 heteroatoms. The van der Waals surface area contributed by atoms with Gasteiger partial charge in [-0.25, -0.2) is 8.42 Å². The molecule has 2 N–H and O–H groups in total. The number of allylic oxidation sites excluding steroid dienone is 1. The van der Waals surface area contributed by atoms with Gasteiger partial charge in [0.15, 0.2) is 15.9 Å². The number of hydrogen-bond acceptors (Lipinski definition) is 7. The third kappa shape index (κ3) is 4.01. The number of hydrogen-bond donors (Lipinski definition) is 2. The van der Waals surface area contributed by atoms with Crippen LogP contribution in [0.5, 0.6) is 6.01 Å². The number of imidazole rings is 1. The maximum absolute atomic E-state index is 11.7.